The molecule has 0 atom stereocenters. The summed E-state index contributed by atoms with van der Waals surface area (Å²) in [5.74, 6) is 0.246. The van der Waals surface area contributed by atoms with E-state index in [1.165, 1.54) is 22.5 Å². The van der Waals surface area contributed by atoms with Crippen LogP contribution in [0.4, 0.5) is 4.39 Å². The molecule has 0 unspecified atom stereocenters. The van der Waals surface area contributed by atoms with E-state index in [1.807, 2.05) is 12.1 Å². The van der Waals surface area contributed by atoms with Gasteiger partial charge in [-0.1, -0.05) is 63.2 Å². The van der Waals surface area contributed by atoms with Crippen molar-refractivity contribution in [2.75, 3.05) is 0 Å². The van der Waals surface area contributed by atoms with Crippen molar-refractivity contribution in [1.29, 1.82) is 0 Å². The summed E-state index contributed by atoms with van der Waals surface area (Å²) in [6.07, 6.45) is 1.44. The Morgan fingerprint density at radius 3 is 2.44 bits per heavy atom. The van der Waals surface area contributed by atoms with E-state index in [0.29, 0.717) is 16.2 Å². The van der Waals surface area contributed by atoms with Crippen LogP contribution < -0.4 is 0 Å². The molecule has 1 aromatic heterocycles. The van der Waals surface area contributed by atoms with Gasteiger partial charge in [0.05, 0.1) is 6.21 Å². The lowest BCUT2D eigenvalue weighted by atomic mass is 9.87. The third-order valence-electron chi connectivity index (χ3n) is 3.88. The normalized spacial score (nSPS) is 12.0. The lowest BCUT2D eigenvalue weighted by molar-refractivity contribution is 0.590. The highest BCUT2D eigenvalue weighted by atomic mass is 32.1. The molecule has 0 saturated carbocycles. The highest BCUT2D eigenvalue weighted by Gasteiger charge is 2.14. The van der Waals surface area contributed by atoms with Gasteiger partial charge < -0.3 is 0 Å². The molecule has 0 radical (unpaired) electrons. The Morgan fingerprint density at radius 2 is 1.80 bits per heavy atom. The third kappa shape index (κ3) is 3.74. The summed E-state index contributed by atoms with van der Waals surface area (Å²) >= 11 is 5.24. The summed E-state index contributed by atoms with van der Waals surface area (Å²) in [6, 6.07) is 14.5. The molecule has 1 heterocycles. The van der Waals surface area contributed by atoms with Crippen LogP contribution in [0.1, 0.15) is 31.9 Å². The van der Waals surface area contributed by atoms with Gasteiger partial charge in [-0.15, -0.1) is 0 Å². The van der Waals surface area contributed by atoms with Gasteiger partial charge in [0.1, 0.15) is 5.82 Å². The molecule has 2 aromatic carbocycles. The molecule has 0 fully saturated rings. The first-order chi connectivity index (χ1) is 11.9. The Morgan fingerprint density at radius 1 is 1.12 bits per heavy atom. The van der Waals surface area contributed by atoms with Crippen molar-refractivity contribution in [2.45, 2.75) is 26.2 Å². The minimum atomic E-state index is -0.336. The number of halogens is 1. The molecule has 6 heteroatoms. The van der Waals surface area contributed by atoms with E-state index in [2.05, 4.69) is 48.2 Å². The van der Waals surface area contributed by atoms with Crippen LogP contribution >= 0.6 is 12.2 Å². The standard InChI is InChI=1S/C19H19FN4S/c1-19(2,3)15-10-8-13(9-11-15)17-22-23-18(25)24(17)21-12-14-6-4-5-7-16(14)20/h4-12H,1-3H3,(H,23,25)/b21-12-. The Labute approximate surface area is 151 Å². The molecule has 25 heavy (non-hydrogen) atoms. The molecule has 3 rings (SSSR count). The number of benzene rings is 2. The summed E-state index contributed by atoms with van der Waals surface area (Å²) in [5, 5.41) is 11.3. The molecule has 3 aromatic rings. The van der Waals surface area contributed by atoms with Crippen LogP contribution in [-0.4, -0.2) is 21.1 Å². The highest BCUT2D eigenvalue weighted by Crippen LogP contribution is 2.25. The predicted molar refractivity (Wildman–Crippen MR) is 101 cm³/mol. The molecule has 0 saturated heterocycles. The zero-order chi connectivity index (χ0) is 18.0. The summed E-state index contributed by atoms with van der Waals surface area (Å²) in [5.41, 5.74) is 2.57. The van der Waals surface area contributed by atoms with Crippen molar-refractivity contribution >= 4 is 18.4 Å². The number of H-pyrrole nitrogens is 1. The number of nitrogens with one attached hydrogen (secondary N) is 1. The van der Waals surface area contributed by atoms with Crippen LogP contribution in [0, 0.1) is 10.6 Å². The maximum Gasteiger partial charge on any atom is 0.216 e. The third-order valence-corrected chi connectivity index (χ3v) is 4.14. The van der Waals surface area contributed by atoms with Gasteiger partial charge >= 0.3 is 0 Å². The average Bonchev–Trinajstić information content (AvgIpc) is 2.94. The van der Waals surface area contributed by atoms with Crippen molar-refractivity contribution in [3.05, 3.63) is 70.2 Å². The number of hydrogen-bond acceptors (Lipinski definition) is 3. The fourth-order valence-corrected chi connectivity index (χ4v) is 2.58. The summed E-state index contributed by atoms with van der Waals surface area (Å²) in [7, 11) is 0. The van der Waals surface area contributed by atoms with Crippen LogP contribution in [0.3, 0.4) is 0 Å². The van der Waals surface area contributed by atoms with Crippen molar-refractivity contribution in [3.8, 4) is 11.4 Å². The van der Waals surface area contributed by atoms with E-state index in [-0.39, 0.29) is 11.2 Å². The zero-order valence-corrected chi connectivity index (χ0v) is 15.1. The molecule has 4 nitrogen and oxygen atoms in total. The number of aromatic nitrogens is 3. The van der Waals surface area contributed by atoms with Crippen molar-refractivity contribution in [2.24, 2.45) is 5.10 Å². The van der Waals surface area contributed by atoms with E-state index >= 15 is 0 Å². The number of rotatable bonds is 3. The first-order valence-electron chi connectivity index (χ1n) is 7.93. The summed E-state index contributed by atoms with van der Waals surface area (Å²) in [4.78, 5) is 0. The SMILES string of the molecule is CC(C)(C)c1ccc(-c2n[nH]c(=S)n2/N=C\c2ccccc2F)cc1. The number of nitrogens with zero attached hydrogens (tertiary/aromatic N) is 3. The monoisotopic (exact) mass is 354 g/mol. The van der Waals surface area contributed by atoms with Crippen LogP contribution in [0.25, 0.3) is 11.4 Å². The van der Waals surface area contributed by atoms with Crippen molar-refractivity contribution in [3.63, 3.8) is 0 Å². The van der Waals surface area contributed by atoms with Gasteiger partial charge in [0.15, 0.2) is 5.82 Å². The largest absolute Gasteiger partial charge is 0.250 e. The van der Waals surface area contributed by atoms with E-state index < -0.39 is 0 Å². The Bertz CT molecular complexity index is 962. The van der Waals surface area contributed by atoms with Gasteiger partial charge in [-0.25, -0.2) is 9.49 Å². The van der Waals surface area contributed by atoms with Crippen LogP contribution in [0.2, 0.25) is 0 Å². The Balaban J connectivity index is 1.97. The molecule has 0 aliphatic carbocycles. The summed E-state index contributed by atoms with van der Waals surface area (Å²) in [6.45, 7) is 6.49. The van der Waals surface area contributed by atoms with Crippen LogP contribution in [-0.2, 0) is 5.41 Å². The predicted octanol–water partition coefficient (Wildman–Crippen LogP) is 4.93. The fraction of sp³-hybridized carbons (Fsp3) is 0.211. The molecule has 0 bridgehead atoms. The van der Waals surface area contributed by atoms with Gasteiger partial charge in [-0.3, -0.25) is 0 Å². The molecule has 0 aliphatic heterocycles. The number of hydrogen-bond donors (Lipinski definition) is 1. The topological polar surface area (TPSA) is 46.0 Å². The fourth-order valence-electron chi connectivity index (χ4n) is 2.40. The highest BCUT2D eigenvalue weighted by molar-refractivity contribution is 7.71. The second-order valence-electron chi connectivity index (χ2n) is 6.76. The molecular formula is C19H19FN4S. The maximum atomic E-state index is 13.7. The quantitative estimate of drug-likeness (QED) is 0.536. The van der Waals surface area contributed by atoms with Crippen LogP contribution in [0.15, 0.2) is 53.6 Å². The minimum Gasteiger partial charge on any atom is -0.250 e. The lowest BCUT2D eigenvalue weighted by Crippen LogP contribution is -2.10. The minimum absolute atomic E-state index is 0.0756. The van der Waals surface area contributed by atoms with E-state index in [4.69, 9.17) is 12.2 Å². The smallest absolute Gasteiger partial charge is 0.216 e. The molecule has 0 amide bonds. The molecule has 0 spiro atoms. The molecule has 128 valence electrons. The Hall–Kier alpha value is -2.60. The molecular weight excluding hydrogens is 335 g/mol. The van der Waals surface area contributed by atoms with Gasteiger partial charge in [-0.05, 0) is 29.3 Å². The second kappa shape index (κ2) is 6.72. The van der Waals surface area contributed by atoms with Crippen molar-refractivity contribution in [1.82, 2.24) is 14.9 Å². The average molecular weight is 354 g/mol. The van der Waals surface area contributed by atoms with Crippen LogP contribution in [0.5, 0.6) is 0 Å². The van der Waals surface area contributed by atoms with Gasteiger partial charge in [-0.2, -0.15) is 14.9 Å². The lowest BCUT2D eigenvalue weighted by Gasteiger charge is -2.18. The van der Waals surface area contributed by atoms with Crippen molar-refractivity contribution < 1.29 is 4.39 Å². The van der Waals surface area contributed by atoms with E-state index in [0.717, 1.165) is 5.56 Å². The maximum absolute atomic E-state index is 13.7. The van der Waals surface area contributed by atoms with Gasteiger partial charge in [0.2, 0.25) is 4.77 Å². The zero-order valence-electron chi connectivity index (χ0n) is 14.3. The Kier molecular flexibility index (Phi) is 4.63. The first-order valence-corrected chi connectivity index (χ1v) is 8.34. The second-order valence-corrected chi connectivity index (χ2v) is 7.14. The van der Waals surface area contributed by atoms with Gasteiger partial charge in [0, 0.05) is 11.1 Å². The first kappa shape index (κ1) is 17.2. The molecule has 1 N–H and O–H groups in total. The van der Waals surface area contributed by atoms with E-state index in [1.54, 1.807) is 18.2 Å². The number of aromatic amines is 1. The molecule has 0 aliphatic rings. The van der Waals surface area contributed by atoms with Gasteiger partial charge in [0.25, 0.3) is 0 Å². The summed E-state index contributed by atoms with van der Waals surface area (Å²) < 4.78 is 15.6. The van der Waals surface area contributed by atoms with E-state index in [9.17, 15) is 4.39 Å².